The second-order valence-electron chi connectivity index (χ2n) is 4.99. The second-order valence-corrected chi connectivity index (χ2v) is 5.43. The molecule has 1 heterocycles. The van der Waals surface area contributed by atoms with Gasteiger partial charge in [-0.3, -0.25) is 4.99 Å². The first-order valence-corrected chi connectivity index (χ1v) is 7.26. The Hall–Kier alpha value is -2.33. The van der Waals surface area contributed by atoms with E-state index in [2.05, 4.69) is 9.98 Å². The van der Waals surface area contributed by atoms with Crippen molar-refractivity contribution < 1.29 is 9.50 Å². The molecule has 3 aromatic rings. The first-order chi connectivity index (χ1) is 10.6. The number of nitrogens with zero attached hydrogens (tertiary/aromatic N) is 1. The fourth-order valence-corrected chi connectivity index (χ4v) is 2.56. The number of aromatic hydroxyl groups is 1. The van der Waals surface area contributed by atoms with Gasteiger partial charge in [-0.2, -0.15) is 0 Å². The van der Waals surface area contributed by atoms with Crippen molar-refractivity contribution in [3.63, 3.8) is 0 Å². The molecule has 2 N–H and O–H groups in total. The minimum atomic E-state index is -0.347. The molecule has 3 nitrogen and oxygen atoms in total. The lowest BCUT2D eigenvalue weighted by molar-refractivity contribution is 0.457. The molecule has 0 radical (unpaired) electrons. The highest BCUT2D eigenvalue weighted by Gasteiger charge is 2.09. The zero-order chi connectivity index (χ0) is 15.5. The number of H-pyrrole nitrogens is 1. The van der Waals surface area contributed by atoms with E-state index in [1.165, 1.54) is 12.1 Å². The number of aliphatic imine (C=N–C) groups is 1. The number of aromatic nitrogens is 1. The van der Waals surface area contributed by atoms with Crippen LogP contribution in [0.3, 0.4) is 0 Å². The summed E-state index contributed by atoms with van der Waals surface area (Å²) < 4.78 is 13.3. The zero-order valence-electron chi connectivity index (χ0n) is 11.7. The SMILES string of the molecule is Oc1[nH]c2ccc(F)cc2c1C=NCCc1cccc(Cl)c1. The molecule has 1 aromatic heterocycles. The summed E-state index contributed by atoms with van der Waals surface area (Å²) in [6.07, 6.45) is 2.31. The summed E-state index contributed by atoms with van der Waals surface area (Å²) in [6, 6.07) is 11.9. The first kappa shape index (κ1) is 14.6. The molecule has 112 valence electrons. The number of halogens is 2. The molecule has 0 aliphatic carbocycles. The monoisotopic (exact) mass is 316 g/mol. The van der Waals surface area contributed by atoms with Gasteiger partial charge in [0.2, 0.25) is 0 Å². The second kappa shape index (κ2) is 6.20. The highest BCUT2D eigenvalue weighted by Crippen LogP contribution is 2.26. The Morgan fingerprint density at radius 2 is 2.09 bits per heavy atom. The van der Waals surface area contributed by atoms with Crippen LogP contribution in [0.15, 0.2) is 47.5 Å². The van der Waals surface area contributed by atoms with Crippen LogP contribution in [0.5, 0.6) is 5.88 Å². The van der Waals surface area contributed by atoms with E-state index in [1.807, 2.05) is 24.3 Å². The standard InChI is InChI=1S/C17H14ClFN2O/c18-12-3-1-2-11(8-12)6-7-20-10-15-14-9-13(19)4-5-16(14)21-17(15)22/h1-5,8-10,21-22H,6-7H2. The van der Waals surface area contributed by atoms with Crippen LogP contribution in [0.1, 0.15) is 11.1 Å². The summed E-state index contributed by atoms with van der Waals surface area (Å²) in [5.74, 6) is -0.354. The molecule has 3 rings (SSSR count). The van der Waals surface area contributed by atoms with E-state index in [0.717, 1.165) is 12.0 Å². The maximum absolute atomic E-state index is 13.3. The molecule has 0 saturated carbocycles. The molecule has 5 heteroatoms. The molecule has 0 saturated heterocycles. The Morgan fingerprint density at radius 3 is 2.91 bits per heavy atom. The van der Waals surface area contributed by atoms with Crippen LogP contribution in [0, 0.1) is 5.82 Å². The van der Waals surface area contributed by atoms with Crippen LogP contribution < -0.4 is 0 Å². The van der Waals surface area contributed by atoms with Crippen molar-refractivity contribution in [2.75, 3.05) is 6.54 Å². The summed E-state index contributed by atoms with van der Waals surface area (Å²) in [4.78, 5) is 7.11. The van der Waals surface area contributed by atoms with Crippen LogP contribution in [-0.4, -0.2) is 22.8 Å². The van der Waals surface area contributed by atoms with Crippen molar-refractivity contribution >= 4 is 28.7 Å². The quantitative estimate of drug-likeness (QED) is 0.692. The summed E-state index contributed by atoms with van der Waals surface area (Å²) in [5, 5.41) is 11.2. The predicted octanol–water partition coefficient (Wildman–Crippen LogP) is 4.33. The van der Waals surface area contributed by atoms with E-state index < -0.39 is 0 Å². The molecular weight excluding hydrogens is 303 g/mol. The molecular formula is C17H14ClFN2O. The van der Waals surface area contributed by atoms with Gasteiger partial charge in [-0.15, -0.1) is 0 Å². The van der Waals surface area contributed by atoms with E-state index in [1.54, 1.807) is 12.3 Å². The predicted molar refractivity (Wildman–Crippen MR) is 87.5 cm³/mol. The number of benzene rings is 2. The van der Waals surface area contributed by atoms with Gasteiger partial charge in [0.15, 0.2) is 5.88 Å². The maximum Gasteiger partial charge on any atom is 0.198 e. The molecule has 0 bridgehead atoms. The lowest BCUT2D eigenvalue weighted by Crippen LogP contribution is -1.90. The molecule has 0 aliphatic rings. The van der Waals surface area contributed by atoms with E-state index in [0.29, 0.717) is 28.0 Å². The Bertz CT molecular complexity index is 842. The molecule has 22 heavy (non-hydrogen) atoms. The van der Waals surface area contributed by atoms with Crippen LogP contribution in [-0.2, 0) is 6.42 Å². The van der Waals surface area contributed by atoms with Gasteiger partial charge in [-0.05, 0) is 42.3 Å². The van der Waals surface area contributed by atoms with Crippen molar-refractivity contribution in [2.24, 2.45) is 4.99 Å². The smallest absolute Gasteiger partial charge is 0.198 e. The molecule has 0 atom stereocenters. The normalized spacial score (nSPS) is 11.5. The average molecular weight is 317 g/mol. The lowest BCUT2D eigenvalue weighted by atomic mass is 10.1. The Balaban J connectivity index is 1.75. The van der Waals surface area contributed by atoms with Crippen LogP contribution in [0.25, 0.3) is 10.9 Å². The number of fused-ring (bicyclic) bond motifs is 1. The van der Waals surface area contributed by atoms with Crippen LogP contribution >= 0.6 is 11.6 Å². The van der Waals surface area contributed by atoms with Gasteiger partial charge in [-0.25, -0.2) is 4.39 Å². The zero-order valence-corrected chi connectivity index (χ0v) is 12.4. The Labute approximate surface area is 132 Å². The lowest BCUT2D eigenvalue weighted by Gasteiger charge is -1.98. The van der Waals surface area contributed by atoms with Gasteiger partial charge >= 0.3 is 0 Å². The van der Waals surface area contributed by atoms with E-state index in [4.69, 9.17) is 11.6 Å². The number of aromatic amines is 1. The van der Waals surface area contributed by atoms with E-state index in [9.17, 15) is 9.50 Å². The number of hydrogen-bond donors (Lipinski definition) is 2. The van der Waals surface area contributed by atoms with Crippen molar-refractivity contribution in [3.05, 3.63) is 64.4 Å². The fraction of sp³-hybridized carbons (Fsp3) is 0.118. The van der Waals surface area contributed by atoms with Crippen molar-refractivity contribution in [1.82, 2.24) is 4.98 Å². The van der Waals surface area contributed by atoms with Crippen molar-refractivity contribution in [3.8, 4) is 5.88 Å². The Morgan fingerprint density at radius 1 is 1.23 bits per heavy atom. The fourth-order valence-electron chi connectivity index (χ4n) is 2.34. The van der Waals surface area contributed by atoms with Gasteiger partial charge in [0.25, 0.3) is 0 Å². The summed E-state index contributed by atoms with van der Waals surface area (Å²) >= 11 is 5.93. The maximum atomic E-state index is 13.3. The van der Waals surface area contributed by atoms with E-state index in [-0.39, 0.29) is 11.7 Å². The van der Waals surface area contributed by atoms with Crippen molar-refractivity contribution in [2.45, 2.75) is 6.42 Å². The summed E-state index contributed by atoms with van der Waals surface area (Å²) in [5.41, 5.74) is 2.27. The molecule has 0 aliphatic heterocycles. The number of hydrogen-bond acceptors (Lipinski definition) is 2. The number of nitrogens with one attached hydrogen (secondary N) is 1. The molecule has 0 amide bonds. The molecule has 0 spiro atoms. The summed E-state index contributed by atoms with van der Waals surface area (Å²) in [7, 11) is 0. The molecule has 2 aromatic carbocycles. The van der Waals surface area contributed by atoms with Crippen LogP contribution in [0.4, 0.5) is 4.39 Å². The first-order valence-electron chi connectivity index (χ1n) is 6.88. The molecule has 0 fully saturated rings. The van der Waals surface area contributed by atoms with E-state index >= 15 is 0 Å². The highest BCUT2D eigenvalue weighted by molar-refractivity contribution is 6.30. The van der Waals surface area contributed by atoms with Gasteiger partial charge in [0.05, 0.1) is 5.56 Å². The van der Waals surface area contributed by atoms with Gasteiger partial charge < -0.3 is 10.1 Å². The van der Waals surface area contributed by atoms with Gasteiger partial charge in [0.1, 0.15) is 5.82 Å². The third-order valence-electron chi connectivity index (χ3n) is 3.42. The van der Waals surface area contributed by atoms with Crippen LogP contribution in [0.2, 0.25) is 5.02 Å². The largest absolute Gasteiger partial charge is 0.494 e. The molecule has 0 unspecified atom stereocenters. The highest BCUT2D eigenvalue weighted by atomic mass is 35.5. The number of rotatable bonds is 4. The van der Waals surface area contributed by atoms with Gasteiger partial charge in [0, 0.05) is 28.7 Å². The average Bonchev–Trinajstić information content (AvgIpc) is 2.79. The minimum Gasteiger partial charge on any atom is -0.494 e. The summed E-state index contributed by atoms with van der Waals surface area (Å²) in [6.45, 7) is 0.557. The minimum absolute atomic E-state index is 0.00731. The Kier molecular flexibility index (Phi) is 4.11. The third kappa shape index (κ3) is 3.12. The van der Waals surface area contributed by atoms with Gasteiger partial charge in [-0.1, -0.05) is 23.7 Å². The van der Waals surface area contributed by atoms with Crippen molar-refractivity contribution in [1.29, 1.82) is 0 Å². The topological polar surface area (TPSA) is 48.4 Å². The third-order valence-corrected chi connectivity index (χ3v) is 3.65.